The first-order valence-corrected chi connectivity index (χ1v) is 5.01. The molecule has 1 aromatic carbocycles. The third-order valence-electron chi connectivity index (χ3n) is 2.96. The highest BCUT2D eigenvalue weighted by atomic mass is 19.1. The quantitative estimate of drug-likeness (QED) is 0.560. The van der Waals surface area contributed by atoms with E-state index in [-0.39, 0.29) is 18.7 Å². The molecule has 0 bridgehead atoms. The molecular formula is C12H11F2NO. The molecule has 2 nitrogen and oxygen atoms in total. The Morgan fingerprint density at radius 3 is 2.31 bits per heavy atom. The Hall–Kier alpha value is -1.54. The van der Waals surface area contributed by atoms with Gasteiger partial charge in [-0.2, -0.15) is 4.99 Å². The average Bonchev–Trinajstić information content (AvgIpc) is 2.16. The van der Waals surface area contributed by atoms with Gasteiger partial charge in [0.15, 0.2) is 0 Å². The van der Waals surface area contributed by atoms with E-state index in [9.17, 15) is 13.6 Å². The number of benzene rings is 1. The Morgan fingerprint density at radius 1 is 1.31 bits per heavy atom. The second-order valence-electron chi connectivity index (χ2n) is 4.51. The van der Waals surface area contributed by atoms with Crippen LogP contribution in [0.3, 0.4) is 0 Å². The molecule has 0 N–H and O–H groups in total. The van der Waals surface area contributed by atoms with Gasteiger partial charge in [-0.3, -0.25) is 0 Å². The number of hydrogen-bond donors (Lipinski definition) is 0. The van der Waals surface area contributed by atoms with Gasteiger partial charge in [-0.15, -0.1) is 0 Å². The van der Waals surface area contributed by atoms with E-state index in [1.54, 1.807) is 0 Å². The van der Waals surface area contributed by atoms with Crippen molar-refractivity contribution in [1.29, 1.82) is 0 Å². The van der Waals surface area contributed by atoms with Crippen molar-refractivity contribution in [2.24, 2.45) is 4.99 Å². The Bertz CT molecular complexity index is 439. The van der Waals surface area contributed by atoms with E-state index in [1.165, 1.54) is 37.3 Å². The van der Waals surface area contributed by atoms with Crippen molar-refractivity contribution < 1.29 is 13.6 Å². The highest BCUT2D eigenvalue weighted by Gasteiger charge is 2.54. The number of halogens is 2. The van der Waals surface area contributed by atoms with Crippen LogP contribution in [0.5, 0.6) is 0 Å². The van der Waals surface area contributed by atoms with E-state index in [0.29, 0.717) is 5.56 Å². The zero-order valence-corrected chi connectivity index (χ0v) is 8.84. The molecule has 0 amide bonds. The van der Waals surface area contributed by atoms with E-state index in [2.05, 4.69) is 4.99 Å². The fourth-order valence-electron chi connectivity index (χ4n) is 2.36. The van der Waals surface area contributed by atoms with Gasteiger partial charge in [-0.25, -0.2) is 13.6 Å². The molecule has 1 fully saturated rings. The average molecular weight is 223 g/mol. The molecule has 0 saturated heterocycles. The van der Waals surface area contributed by atoms with Crippen LogP contribution in [0.25, 0.3) is 0 Å². The molecule has 0 heterocycles. The van der Waals surface area contributed by atoms with Crippen molar-refractivity contribution in [2.75, 3.05) is 0 Å². The first kappa shape index (κ1) is 11.0. The van der Waals surface area contributed by atoms with E-state index < -0.39 is 11.2 Å². The van der Waals surface area contributed by atoms with Crippen molar-refractivity contribution in [3.63, 3.8) is 0 Å². The molecule has 1 aliphatic rings. The maximum absolute atomic E-state index is 13.5. The van der Waals surface area contributed by atoms with E-state index in [4.69, 9.17) is 0 Å². The summed E-state index contributed by atoms with van der Waals surface area (Å²) in [7, 11) is 0. The minimum Gasteiger partial charge on any atom is -0.244 e. The molecule has 84 valence electrons. The van der Waals surface area contributed by atoms with Crippen LogP contribution in [0.1, 0.15) is 25.3 Å². The molecule has 16 heavy (non-hydrogen) atoms. The van der Waals surface area contributed by atoms with Crippen LogP contribution < -0.4 is 0 Å². The molecule has 0 aromatic heterocycles. The van der Waals surface area contributed by atoms with Crippen LogP contribution in [-0.2, 0) is 10.3 Å². The summed E-state index contributed by atoms with van der Waals surface area (Å²) in [4.78, 5) is 14.1. The van der Waals surface area contributed by atoms with Gasteiger partial charge in [-0.1, -0.05) is 12.1 Å². The highest BCUT2D eigenvalue weighted by molar-refractivity contribution is 5.41. The number of rotatable bonds is 2. The van der Waals surface area contributed by atoms with Crippen molar-refractivity contribution in [3.8, 4) is 0 Å². The van der Waals surface area contributed by atoms with Gasteiger partial charge in [0.25, 0.3) is 0 Å². The normalized spacial score (nSPS) is 32.7. The molecule has 0 aliphatic heterocycles. The summed E-state index contributed by atoms with van der Waals surface area (Å²) < 4.78 is 26.3. The summed E-state index contributed by atoms with van der Waals surface area (Å²) in [5, 5.41) is 0. The molecule has 1 aliphatic carbocycles. The van der Waals surface area contributed by atoms with Crippen LogP contribution >= 0.6 is 0 Å². The summed E-state index contributed by atoms with van der Waals surface area (Å²) in [5.41, 5.74) is -1.50. The summed E-state index contributed by atoms with van der Waals surface area (Å²) >= 11 is 0. The van der Waals surface area contributed by atoms with Gasteiger partial charge in [0.05, 0.1) is 0 Å². The lowest BCUT2D eigenvalue weighted by molar-refractivity contribution is 0.00283. The monoisotopic (exact) mass is 223 g/mol. The Labute approximate surface area is 92.0 Å². The predicted octanol–water partition coefficient (Wildman–Crippen LogP) is 2.88. The van der Waals surface area contributed by atoms with E-state index >= 15 is 0 Å². The van der Waals surface area contributed by atoms with Crippen molar-refractivity contribution in [1.82, 2.24) is 0 Å². The Balaban J connectivity index is 2.35. The van der Waals surface area contributed by atoms with Gasteiger partial charge < -0.3 is 0 Å². The zero-order valence-electron chi connectivity index (χ0n) is 8.84. The highest BCUT2D eigenvalue weighted by Crippen LogP contribution is 2.53. The van der Waals surface area contributed by atoms with Crippen LogP contribution in [0.15, 0.2) is 29.3 Å². The van der Waals surface area contributed by atoms with Crippen LogP contribution in [0, 0.1) is 5.82 Å². The first-order valence-electron chi connectivity index (χ1n) is 5.01. The third kappa shape index (κ3) is 1.76. The Kier molecular flexibility index (Phi) is 2.39. The van der Waals surface area contributed by atoms with Gasteiger partial charge in [0.1, 0.15) is 17.0 Å². The van der Waals surface area contributed by atoms with Crippen molar-refractivity contribution >= 4 is 6.08 Å². The number of hydrogen-bond acceptors (Lipinski definition) is 2. The molecule has 0 atom stereocenters. The largest absolute Gasteiger partial charge is 0.244 e. The number of alkyl halides is 1. The SMILES string of the molecule is CC1(F)CC(N=C=O)(c2ccc(F)cc2)C1. The van der Waals surface area contributed by atoms with Crippen LogP contribution in [0.4, 0.5) is 8.78 Å². The molecular weight excluding hydrogens is 212 g/mol. The summed E-state index contributed by atoms with van der Waals surface area (Å²) in [6, 6.07) is 5.63. The minimum atomic E-state index is -1.31. The van der Waals surface area contributed by atoms with Gasteiger partial charge >= 0.3 is 0 Å². The number of isocyanates is 1. The second-order valence-corrected chi connectivity index (χ2v) is 4.51. The fraction of sp³-hybridized carbons (Fsp3) is 0.417. The maximum Gasteiger partial charge on any atom is 0.235 e. The second kappa shape index (κ2) is 3.49. The lowest BCUT2D eigenvalue weighted by Crippen LogP contribution is -2.48. The number of aliphatic imine (C=N–C) groups is 1. The molecule has 2 rings (SSSR count). The van der Waals surface area contributed by atoms with Gasteiger partial charge in [0, 0.05) is 12.8 Å². The fourth-order valence-corrected chi connectivity index (χ4v) is 2.36. The molecule has 0 radical (unpaired) electrons. The molecule has 0 spiro atoms. The summed E-state index contributed by atoms with van der Waals surface area (Å²) in [6.07, 6.45) is 1.76. The topological polar surface area (TPSA) is 29.4 Å². The van der Waals surface area contributed by atoms with Crippen molar-refractivity contribution in [3.05, 3.63) is 35.6 Å². The standard InChI is InChI=1S/C12H11F2NO/c1-11(14)6-12(7-11,15-8-16)9-2-4-10(13)5-3-9/h2-5H,6-7H2,1H3. The lowest BCUT2D eigenvalue weighted by atomic mass is 9.64. The van der Waals surface area contributed by atoms with Gasteiger partial charge in [-0.05, 0) is 24.6 Å². The molecule has 0 unspecified atom stereocenters. The van der Waals surface area contributed by atoms with Gasteiger partial charge in [0.2, 0.25) is 6.08 Å². The van der Waals surface area contributed by atoms with E-state index in [0.717, 1.165) is 0 Å². The third-order valence-corrected chi connectivity index (χ3v) is 2.96. The van der Waals surface area contributed by atoms with Crippen LogP contribution in [0.2, 0.25) is 0 Å². The predicted molar refractivity (Wildman–Crippen MR) is 54.9 cm³/mol. The van der Waals surface area contributed by atoms with Crippen LogP contribution in [-0.4, -0.2) is 11.7 Å². The molecule has 1 aromatic rings. The summed E-state index contributed by atoms with van der Waals surface area (Å²) in [6.45, 7) is 1.47. The Morgan fingerprint density at radius 2 is 1.88 bits per heavy atom. The minimum absolute atomic E-state index is 0.140. The lowest BCUT2D eigenvalue weighted by Gasteiger charge is -2.46. The molecule has 1 saturated carbocycles. The first-order chi connectivity index (χ1) is 7.47. The van der Waals surface area contributed by atoms with E-state index in [1.807, 2.05) is 0 Å². The summed E-state index contributed by atoms with van der Waals surface area (Å²) in [5.74, 6) is -0.365. The zero-order chi connectivity index (χ0) is 11.8. The number of carbonyl (C=O) groups excluding carboxylic acids is 1. The van der Waals surface area contributed by atoms with Crippen molar-refractivity contribution in [2.45, 2.75) is 31.0 Å². The molecule has 4 heteroatoms. The number of nitrogens with zero attached hydrogens (tertiary/aromatic N) is 1. The smallest absolute Gasteiger partial charge is 0.235 e. The maximum atomic E-state index is 13.5.